The molecule has 0 saturated carbocycles. The van der Waals surface area contributed by atoms with Crippen molar-refractivity contribution in [3.05, 3.63) is 194 Å². The van der Waals surface area contributed by atoms with Crippen LogP contribution in [0.1, 0.15) is 22.3 Å². The molecule has 0 heterocycles. The van der Waals surface area contributed by atoms with E-state index in [-0.39, 0.29) is 14.9 Å². The number of hydrogen-bond donors (Lipinski definition) is 1. The fourth-order valence-electron chi connectivity index (χ4n) is 6.43. The molecule has 0 spiro atoms. The molecule has 6 nitrogen and oxygen atoms in total. The second kappa shape index (κ2) is 20.7. The average Bonchev–Trinajstić information content (AvgIpc) is 3.19. The Bertz CT molecular complexity index is 2100. The lowest BCUT2D eigenvalue weighted by Crippen LogP contribution is -2.10. The van der Waals surface area contributed by atoms with E-state index in [9.17, 15) is 0 Å². The normalized spacial score (nSPS) is 12.5. The third-order valence-electron chi connectivity index (χ3n) is 9.82. The van der Waals surface area contributed by atoms with Crippen LogP contribution in [0.15, 0.2) is 157 Å². The van der Waals surface area contributed by atoms with Crippen molar-refractivity contribution in [2.24, 2.45) is 0 Å². The summed E-state index contributed by atoms with van der Waals surface area (Å²) in [6.07, 6.45) is 17.5. The van der Waals surface area contributed by atoms with Gasteiger partial charge in [0.05, 0.1) is 0 Å². The number of anilines is 4. The van der Waals surface area contributed by atoms with Crippen LogP contribution in [0.5, 0.6) is 0 Å². The third kappa shape index (κ3) is 11.5. The van der Waals surface area contributed by atoms with Gasteiger partial charge in [0.1, 0.15) is 28.2 Å². The van der Waals surface area contributed by atoms with Crippen molar-refractivity contribution in [2.45, 2.75) is 0 Å². The molecule has 0 unspecified atom stereocenters. The first-order valence-corrected chi connectivity index (χ1v) is 18.8. The highest BCUT2D eigenvalue weighted by atomic mass is 15.1. The summed E-state index contributed by atoms with van der Waals surface area (Å²) in [6.45, 7) is 0. The van der Waals surface area contributed by atoms with Crippen LogP contribution in [-0.2, 0) is 0 Å². The lowest BCUT2D eigenvalue weighted by atomic mass is 9.90. The van der Waals surface area contributed by atoms with Gasteiger partial charge in [0, 0.05) is 96.4 Å². The van der Waals surface area contributed by atoms with Crippen LogP contribution < -0.4 is 20.0 Å². The fourth-order valence-corrected chi connectivity index (χ4v) is 6.43. The monoisotopic (exact) mass is 761 g/mol. The maximum absolute atomic E-state index is 3.19. The Balaban J connectivity index is 0.000000295. The van der Waals surface area contributed by atoms with E-state index in [1.165, 1.54) is 73.0 Å². The van der Waals surface area contributed by atoms with Gasteiger partial charge in [-0.05, 0) is 117 Å². The summed E-state index contributed by atoms with van der Waals surface area (Å²) in [5.74, 6) is 0. The number of allylic oxidation sites excluding steroid dienone is 10. The second-order valence-corrected chi connectivity index (χ2v) is 14.8. The number of rotatable bonds is 8. The molecule has 2 aliphatic rings. The van der Waals surface area contributed by atoms with E-state index in [4.69, 9.17) is 0 Å². The quantitative estimate of drug-likeness (QED) is 0.143. The Morgan fingerprint density at radius 2 is 0.632 bits per heavy atom. The minimum absolute atomic E-state index is 0. The van der Waals surface area contributed by atoms with E-state index >= 15 is 0 Å². The van der Waals surface area contributed by atoms with Crippen LogP contribution in [0.2, 0.25) is 0 Å². The molecule has 4 aromatic carbocycles. The predicted octanol–water partition coefficient (Wildman–Crippen LogP) is 9.80. The molecule has 0 aromatic heterocycles. The molecule has 298 valence electrons. The maximum atomic E-state index is 3.19. The van der Waals surface area contributed by atoms with Gasteiger partial charge in [-0.3, -0.25) is 0 Å². The van der Waals surface area contributed by atoms with Gasteiger partial charge in [-0.25, -0.2) is 9.15 Å². The molecule has 6 rings (SSSR count). The Morgan fingerprint density at radius 1 is 0.386 bits per heavy atom. The second-order valence-electron chi connectivity index (χ2n) is 14.8. The predicted molar refractivity (Wildman–Crippen MR) is 254 cm³/mol. The first-order valence-electron chi connectivity index (χ1n) is 18.8. The van der Waals surface area contributed by atoms with Crippen molar-refractivity contribution in [3.8, 4) is 0 Å². The summed E-state index contributed by atoms with van der Waals surface area (Å²) < 4.78 is 4.25. The molecule has 57 heavy (non-hydrogen) atoms. The van der Waals surface area contributed by atoms with Crippen molar-refractivity contribution in [1.82, 2.24) is 0 Å². The van der Waals surface area contributed by atoms with E-state index < -0.39 is 0 Å². The Labute approximate surface area is 344 Å². The molecule has 0 amide bonds. The van der Waals surface area contributed by atoms with Gasteiger partial charge in [0.2, 0.25) is 0 Å². The molecule has 2 aliphatic carbocycles. The van der Waals surface area contributed by atoms with Crippen molar-refractivity contribution in [2.75, 3.05) is 97.5 Å². The smallest absolute Gasteiger partial charge is 0.199 e. The lowest BCUT2D eigenvalue weighted by Gasteiger charge is -2.18. The zero-order valence-electron chi connectivity index (χ0n) is 36.6. The van der Waals surface area contributed by atoms with Crippen molar-refractivity contribution < 1.29 is 9.15 Å². The molecule has 0 saturated heterocycles. The molecule has 6 heteroatoms. The number of hydrogen-bond acceptors (Lipinski definition) is 4. The standard InChI is InChI=1S/C25H30N3.C24H27N3.2CH3/c1-26(2)22-13-7-19(8-14-22)25(20-9-15-23(16-10-20)27(3)4)21-11-17-24(18-12-21)28(5)6;1-25-21-12-6-18(7-13-21)24(19-8-14-22(15-9-19)26(2)3)20-10-16-23(17-11-20)27(4)5;;/h7-18H,1-6H3;6-17H,1-5H3;2*1H3/q+1;;2*-1/p+1. The summed E-state index contributed by atoms with van der Waals surface area (Å²) in [4.78, 5) is 6.37. The first-order chi connectivity index (χ1) is 26.4. The van der Waals surface area contributed by atoms with Gasteiger partial charge in [-0.15, -0.1) is 0 Å². The molecule has 0 radical (unpaired) electrons. The highest BCUT2D eigenvalue weighted by Crippen LogP contribution is 2.33. The van der Waals surface area contributed by atoms with E-state index in [2.05, 4.69) is 245 Å². The molecule has 0 bridgehead atoms. The zero-order valence-corrected chi connectivity index (χ0v) is 36.6. The molecular formula is C51H64N6. The lowest BCUT2D eigenvalue weighted by molar-refractivity contribution is -0.462. The molecule has 0 fully saturated rings. The minimum atomic E-state index is 0. The maximum Gasteiger partial charge on any atom is 0.199 e. The summed E-state index contributed by atoms with van der Waals surface area (Å²) >= 11 is 0. The third-order valence-corrected chi connectivity index (χ3v) is 9.82. The summed E-state index contributed by atoms with van der Waals surface area (Å²) in [5.41, 5.74) is 16.9. The topological polar surface area (TPSA) is 27.8 Å². The Morgan fingerprint density at radius 3 is 0.842 bits per heavy atom. The highest BCUT2D eigenvalue weighted by Gasteiger charge is 2.15. The van der Waals surface area contributed by atoms with Gasteiger partial charge in [-0.1, -0.05) is 48.5 Å². The number of nitrogens with one attached hydrogen (secondary N) is 1. The van der Waals surface area contributed by atoms with Gasteiger partial charge in [0.15, 0.2) is 11.4 Å². The minimum Gasteiger partial charge on any atom is -0.388 e. The van der Waals surface area contributed by atoms with Crippen molar-refractivity contribution in [1.29, 1.82) is 0 Å². The van der Waals surface area contributed by atoms with Crippen LogP contribution in [0.25, 0.3) is 11.1 Å². The highest BCUT2D eigenvalue weighted by molar-refractivity contribution is 6.04. The first kappa shape index (κ1) is 45.3. The zero-order chi connectivity index (χ0) is 39.6. The number of benzene rings is 4. The van der Waals surface area contributed by atoms with Crippen LogP contribution in [0.3, 0.4) is 0 Å². The molecule has 0 aliphatic heterocycles. The summed E-state index contributed by atoms with van der Waals surface area (Å²) in [5, 5.41) is 3.19. The molecule has 4 aromatic rings. The van der Waals surface area contributed by atoms with Crippen molar-refractivity contribution in [3.63, 3.8) is 0 Å². The van der Waals surface area contributed by atoms with Gasteiger partial charge >= 0.3 is 0 Å². The SMILES string of the molecule is CN(C)c1ccc(C(=C2C=CC(=[N+](C)C)C=C2)c2ccc(N(C)C)cc2)cc1.CNc1ccc(C(=C2C=CC(=[N+](C)C)C=C2)c2ccc(N(C)C)cc2)cc1.[CH3-].[CH3-]. The summed E-state index contributed by atoms with van der Waals surface area (Å²) in [7, 11) is 22.6. The van der Waals surface area contributed by atoms with Crippen LogP contribution in [0, 0.1) is 14.9 Å². The van der Waals surface area contributed by atoms with Crippen LogP contribution in [-0.4, -0.2) is 98.1 Å². The van der Waals surface area contributed by atoms with Crippen LogP contribution >= 0.6 is 0 Å². The van der Waals surface area contributed by atoms with Gasteiger partial charge < -0.3 is 34.9 Å². The summed E-state index contributed by atoms with van der Waals surface area (Å²) in [6, 6.07) is 34.9. The van der Waals surface area contributed by atoms with Crippen molar-refractivity contribution >= 4 is 45.3 Å². The molecular weight excluding hydrogens is 697 g/mol. The van der Waals surface area contributed by atoms with E-state index in [0.29, 0.717) is 0 Å². The Hall–Kier alpha value is -6.14. The van der Waals surface area contributed by atoms with Gasteiger partial charge in [0.25, 0.3) is 0 Å². The Kier molecular flexibility index (Phi) is 16.4. The van der Waals surface area contributed by atoms with Crippen LogP contribution in [0.4, 0.5) is 22.7 Å². The fraction of sp³-hybridized carbons (Fsp3) is 0.216. The molecule has 1 N–H and O–H groups in total. The van der Waals surface area contributed by atoms with E-state index in [1.807, 2.05) is 7.05 Å². The average molecular weight is 761 g/mol. The van der Waals surface area contributed by atoms with E-state index in [0.717, 1.165) is 5.69 Å². The van der Waals surface area contributed by atoms with Gasteiger partial charge in [-0.2, -0.15) is 0 Å². The van der Waals surface area contributed by atoms with E-state index in [1.54, 1.807) is 0 Å². The largest absolute Gasteiger partial charge is 0.388 e. The molecule has 0 atom stereocenters. The number of nitrogens with zero attached hydrogens (tertiary/aromatic N) is 5.